The molecule has 0 fully saturated rings. The number of hydrogen-bond acceptors (Lipinski definition) is 3. The first kappa shape index (κ1) is 12.8. The fourth-order valence-corrected chi connectivity index (χ4v) is 1.16. The van der Waals surface area contributed by atoms with Gasteiger partial charge in [-0.15, -0.1) is 0 Å². The van der Waals surface area contributed by atoms with Crippen LogP contribution in [0.25, 0.3) is 0 Å². The van der Waals surface area contributed by atoms with Gasteiger partial charge in [-0.1, -0.05) is 13.3 Å². The Morgan fingerprint density at radius 3 is 2.62 bits per heavy atom. The van der Waals surface area contributed by atoms with E-state index in [2.05, 4.69) is 20.7 Å². The number of aliphatic hydroxyl groups excluding tert-OH is 1. The zero-order valence-corrected chi connectivity index (χ0v) is 9.30. The van der Waals surface area contributed by atoms with Crippen molar-refractivity contribution in [3.8, 4) is 0 Å². The second-order valence-electron chi connectivity index (χ2n) is 2.65. The summed E-state index contributed by atoms with van der Waals surface area (Å²) in [5.41, 5.74) is 0. The summed E-state index contributed by atoms with van der Waals surface area (Å²) in [5, 5.41) is 9.25. The topological polar surface area (TPSA) is 46.5 Å². The summed E-state index contributed by atoms with van der Waals surface area (Å²) in [4.78, 5) is 11.0. The second-order valence-corrected chi connectivity index (χ2v) is 3.80. The largest absolute Gasteiger partial charge is 0.463 e. The zero-order chi connectivity index (χ0) is 10.5. The molecule has 0 rings (SSSR count). The molecular weight excluding hydrogens is 243 g/mol. The van der Waals surface area contributed by atoms with Crippen LogP contribution in [-0.4, -0.2) is 28.4 Å². The molecule has 0 aromatic heterocycles. The van der Waals surface area contributed by atoms with E-state index in [0.29, 0.717) is 6.42 Å². The van der Waals surface area contributed by atoms with Crippen LogP contribution < -0.4 is 0 Å². The molecule has 0 bridgehead atoms. The Bertz CT molecular complexity index is 173. The highest BCUT2D eigenvalue weighted by Crippen LogP contribution is 2.28. The molecule has 0 aliphatic rings. The smallest absolute Gasteiger partial charge is 0.357 e. The normalized spacial score (nSPS) is 17.6. The first-order valence-corrected chi connectivity index (χ1v) is 4.99. The van der Waals surface area contributed by atoms with Gasteiger partial charge >= 0.3 is 5.97 Å². The Labute approximate surface area is 85.4 Å². The maximum absolute atomic E-state index is 13.4. The average molecular weight is 257 g/mol. The SMILES string of the molecule is CCC[C@H](O)[C@@](F)(Br)C(=O)OCC. The van der Waals surface area contributed by atoms with Crippen molar-refractivity contribution in [2.24, 2.45) is 0 Å². The highest BCUT2D eigenvalue weighted by atomic mass is 79.9. The molecule has 3 nitrogen and oxygen atoms in total. The summed E-state index contributed by atoms with van der Waals surface area (Å²) in [7, 11) is 0. The molecule has 78 valence electrons. The Morgan fingerprint density at radius 2 is 2.23 bits per heavy atom. The fraction of sp³-hybridized carbons (Fsp3) is 0.875. The highest BCUT2D eigenvalue weighted by Gasteiger charge is 2.44. The number of hydrogen-bond donors (Lipinski definition) is 1. The standard InChI is InChI=1S/C8H14BrFO3/c1-3-5-6(11)8(9,10)7(12)13-4-2/h6,11H,3-5H2,1-2H3/t6-,8-/m0/s1. The zero-order valence-electron chi connectivity index (χ0n) is 7.72. The van der Waals surface area contributed by atoms with Crippen molar-refractivity contribution in [2.75, 3.05) is 6.61 Å². The molecule has 0 radical (unpaired) electrons. The van der Waals surface area contributed by atoms with Crippen LogP contribution in [0, 0.1) is 0 Å². The third kappa shape index (κ3) is 3.60. The molecule has 5 heteroatoms. The Kier molecular flexibility index (Phi) is 5.48. The molecule has 0 spiro atoms. The van der Waals surface area contributed by atoms with E-state index in [0.717, 1.165) is 0 Å². The van der Waals surface area contributed by atoms with Crippen molar-refractivity contribution >= 4 is 21.9 Å². The summed E-state index contributed by atoms with van der Waals surface area (Å²) >= 11 is 2.52. The van der Waals surface area contributed by atoms with Gasteiger partial charge in [-0.3, -0.25) is 0 Å². The highest BCUT2D eigenvalue weighted by molar-refractivity contribution is 9.10. The molecule has 0 aliphatic carbocycles. The van der Waals surface area contributed by atoms with E-state index in [9.17, 15) is 14.3 Å². The Balaban J connectivity index is 4.26. The van der Waals surface area contributed by atoms with Crippen molar-refractivity contribution in [3.63, 3.8) is 0 Å². The maximum Gasteiger partial charge on any atom is 0.357 e. The predicted octanol–water partition coefficient (Wildman–Crippen LogP) is 1.77. The van der Waals surface area contributed by atoms with E-state index in [-0.39, 0.29) is 13.0 Å². The van der Waals surface area contributed by atoms with Gasteiger partial charge in [-0.25, -0.2) is 9.18 Å². The molecule has 0 aliphatic heterocycles. The third-order valence-corrected chi connectivity index (χ3v) is 2.38. The maximum atomic E-state index is 13.4. The number of esters is 1. The van der Waals surface area contributed by atoms with Crippen molar-refractivity contribution in [3.05, 3.63) is 0 Å². The summed E-state index contributed by atoms with van der Waals surface area (Å²) in [6, 6.07) is 0. The Hall–Kier alpha value is -0.160. The van der Waals surface area contributed by atoms with E-state index >= 15 is 0 Å². The lowest BCUT2D eigenvalue weighted by Crippen LogP contribution is -2.41. The van der Waals surface area contributed by atoms with Crippen LogP contribution in [0.2, 0.25) is 0 Å². The van der Waals surface area contributed by atoms with E-state index < -0.39 is 16.7 Å². The van der Waals surface area contributed by atoms with Crippen molar-refractivity contribution in [1.29, 1.82) is 0 Å². The minimum atomic E-state index is -2.47. The molecule has 0 saturated heterocycles. The van der Waals surface area contributed by atoms with Crippen LogP contribution in [0.1, 0.15) is 26.7 Å². The molecule has 0 heterocycles. The summed E-state index contributed by atoms with van der Waals surface area (Å²) in [5.74, 6) is -1.07. The van der Waals surface area contributed by atoms with Gasteiger partial charge in [0, 0.05) is 0 Å². The summed E-state index contributed by atoms with van der Waals surface area (Å²) in [6.07, 6.45) is -0.560. The van der Waals surface area contributed by atoms with E-state index in [1.165, 1.54) is 0 Å². The van der Waals surface area contributed by atoms with Crippen LogP contribution in [0.15, 0.2) is 0 Å². The summed E-state index contributed by atoms with van der Waals surface area (Å²) < 4.78 is 15.4. The van der Waals surface area contributed by atoms with E-state index in [1.807, 2.05) is 0 Å². The number of alkyl halides is 2. The first-order valence-electron chi connectivity index (χ1n) is 4.19. The van der Waals surface area contributed by atoms with Crippen LogP contribution >= 0.6 is 15.9 Å². The number of ether oxygens (including phenoxy) is 1. The molecule has 0 aromatic carbocycles. The minimum Gasteiger partial charge on any atom is -0.463 e. The van der Waals surface area contributed by atoms with Gasteiger partial charge in [0.05, 0.1) is 6.61 Å². The van der Waals surface area contributed by atoms with Gasteiger partial charge in [0.1, 0.15) is 6.10 Å². The number of rotatable bonds is 5. The van der Waals surface area contributed by atoms with Crippen molar-refractivity contribution in [2.45, 2.75) is 37.4 Å². The van der Waals surface area contributed by atoms with Crippen LogP contribution in [0.5, 0.6) is 0 Å². The van der Waals surface area contributed by atoms with Crippen molar-refractivity contribution in [1.82, 2.24) is 0 Å². The monoisotopic (exact) mass is 256 g/mol. The molecule has 0 aromatic rings. The van der Waals surface area contributed by atoms with Gasteiger partial charge in [-0.2, -0.15) is 0 Å². The number of carbonyl (C=O) groups is 1. The quantitative estimate of drug-likeness (QED) is 0.603. The molecular formula is C8H14BrFO3. The van der Waals surface area contributed by atoms with E-state index in [4.69, 9.17) is 0 Å². The van der Waals surface area contributed by atoms with Crippen LogP contribution in [-0.2, 0) is 9.53 Å². The van der Waals surface area contributed by atoms with Crippen LogP contribution in [0.3, 0.4) is 0 Å². The molecule has 1 N–H and O–H groups in total. The lowest BCUT2D eigenvalue weighted by Gasteiger charge is -2.21. The first-order chi connectivity index (χ1) is 5.96. The van der Waals surface area contributed by atoms with Crippen LogP contribution in [0.4, 0.5) is 4.39 Å². The fourth-order valence-electron chi connectivity index (χ4n) is 0.818. The lowest BCUT2D eigenvalue weighted by molar-refractivity contribution is -0.156. The van der Waals surface area contributed by atoms with E-state index in [1.54, 1.807) is 13.8 Å². The Morgan fingerprint density at radius 1 is 1.69 bits per heavy atom. The molecule has 0 saturated carbocycles. The second kappa shape index (κ2) is 5.54. The molecule has 13 heavy (non-hydrogen) atoms. The molecule has 0 amide bonds. The van der Waals surface area contributed by atoms with Gasteiger partial charge in [0.25, 0.3) is 4.58 Å². The van der Waals surface area contributed by atoms with Crippen molar-refractivity contribution < 1.29 is 19.0 Å². The number of halogens is 2. The molecule has 2 atom stereocenters. The van der Waals surface area contributed by atoms with Gasteiger partial charge in [0.2, 0.25) is 0 Å². The average Bonchev–Trinajstić information content (AvgIpc) is 2.05. The minimum absolute atomic E-state index is 0.0922. The third-order valence-electron chi connectivity index (χ3n) is 1.53. The van der Waals surface area contributed by atoms with Gasteiger partial charge in [0.15, 0.2) is 0 Å². The predicted molar refractivity (Wildman–Crippen MR) is 50.3 cm³/mol. The van der Waals surface area contributed by atoms with Gasteiger partial charge in [-0.05, 0) is 29.3 Å². The lowest BCUT2D eigenvalue weighted by atomic mass is 10.1. The number of carbonyl (C=O) groups excluding carboxylic acids is 1. The number of aliphatic hydroxyl groups is 1. The van der Waals surface area contributed by atoms with Gasteiger partial charge < -0.3 is 9.84 Å². The molecule has 0 unspecified atom stereocenters. The summed E-state index contributed by atoms with van der Waals surface area (Å²) in [6.45, 7) is 3.46.